The molecule has 0 unspecified atom stereocenters. The second-order valence-electron chi connectivity index (χ2n) is 7.92. The molecule has 0 radical (unpaired) electrons. The summed E-state index contributed by atoms with van der Waals surface area (Å²) >= 11 is 0. The molecule has 7 nitrogen and oxygen atoms in total. The van der Waals surface area contributed by atoms with Crippen LogP contribution in [0.5, 0.6) is 0 Å². The average Bonchev–Trinajstić information content (AvgIpc) is 3.25. The first-order valence-electron chi connectivity index (χ1n) is 11.0. The van der Waals surface area contributed by atoms with Crippen molar-refractivity contribution in [3.63, 3.8) is 0 Å². The Morgan fingerprint density at radius 2 is 1.43 bits per heavy atom. The predicted molar refractivity (Wildman–Crippen MR) is 131 cm³/mol. The van der Waals surface area contributed by atoms with Crippen LogP contribution in [0.1, 0.15) is 27.6 Å². The summed E-state index contributed by atoms with van der Waals surface area (Å²) in [5, 5.41) is 8.65. The zero-order valence-electron chi connectivity index (χ0n) is 19.3. The summed E-state index contributed by atoms with van der Waals surface area (Å²) in [6.07, 6.45) is 0. The second kappa shape index (κ2) is 10.2. The number of hydrogen-bond donors (Lipinski definition) is 3. The van der Waals surface area contributed by atoms with Crippen molar-refractivity contribution in [1.29, 1.82) is 0 Å². The SMILES string of the molecule is CNC(=O)c1c(-c2ccc(F)cc2)oc2ccc(-c3ccc(C(=O)NCCNC(C)=O)cc3)cc12. The van der Waals surface area contributed by atoms with Crippen molar-refractivity contribution in [3.8, 4) is 22.5 Å². The second-order valence-corrected chi connectivity index (χ2v) is 7.92. The molecule has 3 aromatic carbocycles. The van der Waals surface area contributed by atoms with Gasteiger partial charge in [-0.1, -0.05) is 18.2 Å². The van der Waals surface area contributed by atoms with Gasteiger partial charge in [0.1, 0.15) is 17.2 Å². The van der Waals surface area contributed by atoms with Crippen LogP contribution in [0, 0.1) is 5.82 Å². The fourth-order valence-corrected chi connectivity index (χ4v) is 3.76. The van der Waals surface area contributed by atoms with E-state index in [0.717, 1.165) is 11.1 Å². The van der Waals surface area contributed by atoms with Crippen LogP contribution in [-0.4, -0.2) is 37.9 Å². The standard InChI is InChI=1S/C27H24FN3O4/c1-16(32)30-13-14-31-26(33)19-5-3-17(4-6-19)20-9-12-23-22(15-20)24(27(34)29-2)25(35-23)18-7-10-21(28)11-8-18/h3-12,15H,13-14H2,1-2H3,(H,29,34)(H,30,32)(H,31,33). The quantitative estimate of drug-likeness (QED) is 0.351. The van der Waals surface area contributed by atoms with E-state index >= 15 is 0 Å². The molecule has 1 aromatic heterocycles. The molecule has 35 heavy (non-hydrogen) atoms. The Morgan fingerprint density at radius 3 is 2.09 bits per heavy atom. The highest BCUT2D eigenvalue weighted by Gasteiger charge is 2.22. The number of carbonyl (C=O) groups is 3. The highest BCUT2D eigenvalue weighted by Crippen LogP contribution is 2.36. The van der Waals surface area contributed by atoms with Crippen molar-refractivity contribution < 1.29 is 23.2 Å². The number of amides is 3. The van der Waals surface area contributed by atoms with Crippen LogP contribution in [0.3, 0.4) is 0 Å². The summed E-state index contributed by atoms with van der Waals surface area (Å²) < 4.78 is 19.4. The van der Waals surface area contributed by atoms with Crippen LogP contribution in [0.4, 0.5) is 4.39 Å². The lowest BCUT2D eigenvalue weighted by Crippen LogP contribution is -2.33. The molecule has 8 heteroatoms. The smallest absolute Gasteiger partial charge is 0.255 e. The minimum Gasteiger partial charge on any atom is -0.455 e. The number of benzene rings is 3. The molecule has 0 fully saturated rings. The minimum atomic E-state index is -0.376. The molecular formula is C27H24FN3O4. The van der Waals surface area contributed by atoms with E-state index in [0.29, 0.717) is 46.5 Å². The van der Waals surface area contributed by atoms with Gasteiger partial charge in [0, 0.05) is 43.6 Å². The molecule has 3 N–H and O–H groups in total. The molecule has 178 valence electrons. The first kappa shape index (κ1) is 23.7. The molecule has 4 rings (SSSR count). The van der Waals surface area contributed by atoms with E-state index in [4.69, 9.17) is 4.42 Å². The number of carbonyl (C=O) groups excluding carboxylic acids is 3. The van der Waals surface area contributed by atoms with Crippen molar-refractivity contribution in [2.45, 2.75) is 6.92 Å². The van der Waals surface area contributed by atoms with Gasteiger partial charge in [0.15, 0.2) is 0 Å². The Labute approximate surface area is 201 Å². The minimum absolute atomic E-state index is 0.150. The van der Waals surface area contributed by atoms with E-state index in [1.54, 1.807) is 37.4 Å². The third-order valence-corrected chi connectivity index (χ3v) is 5.51. The molecule has 0 saturated heterocycles. The monoisotopic (exact) mass is 473 g/mol. The molecule has 0 atom stereocenters. The fourth-order valence-electron chi connectivity index (χ4n) is 3.76. The van der Waals surface area contributed by atoms with Gasteiger partial charge in [-0.25, -0.2) is 4.39 Å². The predicted octanol–water partition coefficient (Wildman–Crippen LogP) is 4.13. The van der Waals surface area contributed by atoms with Crippen LogP contribution in [0.15, 0.2) is 71.1 Å². The molecule has 0 spiro atoms. The lowest BCUT2D eigenvalue weighted by atomic mass is 9.99. The maximum atomic E-state index is 13.4. The van der Waals surface area contributed by atoms with Crippen LogP contribution < -0.4 is 16.0 Å². The van der Waals surface area contributed by atoms with E-state index in [1.807, 2.05) is 24.3 Å². The zero-order chi connectivity index (χ0) is 24.9. The molecule has 0 bridgehead atoms. The lowest BCUT2D eigenvalue weighted by Gasteiger charge is -2.07. The summed E-state index contributed by atoms with van der Waals surface area (Å²) in [5.41, 5.74) is 3.68. The largest absolute Gasteiger partial charge is 0.455 e. The molecule has 0 aliphatic carbocycles. The number of furan rings is 1. The van der Waals surface area contributed by atoms with Crippen molar-refractivity contribution in [1.82, 2.24) is 16.0 Å². The van der Waals surface area contributed by atoms with Crippen molar-refractivity contribution >= 4 is 28.7 Å². The topological polar surface area (TPSA) is 100 Å². The summed E-state index contributed by atoms with van der Waals surface area (Å²) in [4.78, 5) is 36.0. The van der Waals surface area contributed by atoms with Crippen molar-refractivity contribution in [3.05, 3.63) is 83.7 Å². The molecule has 0 saturated carbocycles. The first-order chi connectivity index (χ1) is 16.9. The van der Waals surface area contributed by atoms with Gasteiger partial charge in [0.05, 0.1) is 5.56 Å². The average molecular weight is 474 g/mol. The molecule has 3 amide bonds. The molecule has 4 aromatic rings. The van der Waals surface area contributed by atoms with Gasteiger partial charge in [0.2, 0.25) is 5.91 Å². The van der Waals surface area contributed by atoms with Crippen LogP contribution >= 0.6 is 0 Å². The Bertz CT molecular complexity index is 1390. The summed E-state index contributed by atoms with van der Waals surface area (Å²) in [6, 6.07) is 18.4. The third kappa shape index (κ3) is 5.22. The van der Waals surface area contributed by atoms with Crippen LogP contribution in [0.2, 0.25) is 0 Å². The Balaban J connectivity index is 1.63. The summed E-state index contributed by atoms with van der Waals surface area (Å²) in [7, 11) is 1.54. The Kier molecular flexibility index (Phi) is 6.91. The van der Waals surface area contributed by atoms with Gasteiger partial charge in [0.25, 0.3) is 11.8 Å². The fraction of sp³-hybridized carbons (Fsp3) is 0.148. The van der Waals surface area contributed by atoms with E-state index in [2.05, 4.69) is 16.0 Å². The normalized spacial score (nSPS) is 10.7. The number of nitrogens with one attached hydrogen (secondary N) is 3. The van der Waals surface area contributed by atoms with Gasteiger partial charge in [-0.05, 0) is 59.7 Å². The van der Waals surface area contributed by atoms with Gasteiger partial charge >= 0.3 is 0 Å². The van der Waals surface area contributed by atoms with E-state index in [-0.39, 0.29) is 23.5 Å². The molecule has 0 aliphatic heterocycles. The maximum Gasteiger partial charge on any atom is 0.255 e. The first-order valence-corrected chi connectivity index (χ1v) is 11.0. The number of halogens is 1. The number of rotatable bonds is 7. The molecule has 0 aliphatic rings. The van der Waals surface area contributed by atoms with Crippen LogP contribution in [0.25, 0.3) is 33.4 Å². The summed E-state index contributed by atoms with van der Waals surface area (Å²) in [5.74, 6) is -0.714. The number of fused-ring (bicyclic) bond motifs is 1. The lowest BCUT2D eigenvalue weighted by molar-refractivity contribution is -0.118. The Morgan fingerprint density at radius 1 is 0.800 bits per heavy atom. The van der Waals surface area contributed by atoms with Crippen molar-refractivity contribution in [2.24, 2.45) is 0 Å². The zero-order valence-corrected chi connectivity index (χ0v) is 19.3. The van der Waals surface area contributed by atoms with Crippen LogP contribution in [-0.2, 0) is 4.79 Å². The van der Waals surface area contributed by atoms with Gasteiger partial charge in [-0.15, -0.1) is 0 Å². The molecule has 1 heterocycles. The van der Waals surface area contributed by atoms with Crippen molar-refractivity contribution in [2.75, 3.05) is 20.1 Å². The third-order valence-electron chi connectivity index (χ3n) is 5.51. The van der Waals surface area contributed by atoms with E-state index in [9.17, 15) is 18.8 Å². The van der Waals surface area contributed by atoms with E-state index in [1.165, 1.54) is 19.1 Å². The Hall–Kier alpha value is -4.46. The van der Waals surface area contributed by atoms with Gasteiger partial charge in [-0.2, -0.15) is 0 Å². The number of hydrogen-bond acceptors (Lipinski definition) is 4. The molecular weight excluding hydrogens is 449 g/mol. The highest BCUT2D eigenvalue weighted by molar-refractivity contribution is 6.11. The maximum absolute atomic E-state index is 13.4. The highest BCUT2D eigenvalue weighted by atomic mass is 19.1. The van der Waals surface area contributed by atoms with Gasteiger partial charge < -0.3 is 20.4 Å². The van der Waals surface area contributed by atoms with E-state index < -0.39 is 0 Å². The summed E-state index contributed by atoms with van der Waals surface area (Å²) in [6.45, 7) is 2.11. The van der Waals surface area contributed by atoms with Gasteiger partial charge in [-0.3, -0.25) is 14.4 Å².